The molecule has 0 bridgehead atoms. The average Bonchev–Trinajstić information content (AvgIpc) is 3.59. The van der Waals surface area contributed by atoms with Crippen molar-refractivity contribution in [2.24, 2.45) is 11.4 Å². The van der Waals surface area contributed by atoms with Gasteiger partial charge in [0.1, 0.15) is 6.67 Å². The number of aryl methyl sites for hydroxylation is 3. The molecule has 2 unspecified atom stereocenters. The number of benzene rings is 1. The Morgan fingerprint density at radius 1 is 1.17 bits per heavy atom. The number of nitrogens with one attached hydrogen (secondary N) is 1. The molecular weight excluding hydrogens is 471 g/mol. The molecule has 1 fully saturated rings. The van der Waals surface area contributed by atoms with Crippen LogP contribution >= 0.6 is 0 Å². The van der Waals surface area contributed by atoms with E-state index in [0.29, 0.717) is 18.5 Å². The van der Waals surface area contributed by atoms with Crippen LogP contribution in [0.25, 0.3) is 0 Å². The van der Waals surface area contributed by atoms with E-state index in [-0.39, 0.29) is 18.6 Å². The molecule has 11 heteroatoms. The van der Waals surface area contributed by atoms with Crippen LogP contribution in [0.4, 0.5) is 15.8 Å². The van der Waals surface area contributed by atoms with Crippen molar-refractivity contribution in [2.45, 2.75) is 63.5 Å². The van der Waals surface area contributed by atoms with E-state index < -0.39 is 22.9 Å². The fourth-order valence-electron chi connectivity index (χ4n) is 5.81. The summed E-state index contributed by atoms with van der Waals surface area (Å²) in [4.78, 5) is 1.87. The van der Waals surface area contributed by atoms with E-state index in [0.717, 1.165) is 59.6 Å². The Morgan fingerprint density at radius 3 is 2.40 bits per heavy atom. The fourth-order valence-corrected chi connectivity index (χ4v) is 6.88. The second-order valence-corrected chi connectivity index (χ2v) is 11.4. The molecule has 9 nitrogen and oxygen atoms in total. The molecule has 0 saturated carbocycles. The minimum atomic E-state index is -4.37. The van der Waals surface area contributed by atoms with Crippen LogP contribution in [0.2, 0.25) is 0 Å². The van der Waals surface area contributed by atoms with Gasteiger partial charge in [-0.2, -0.15) is 13.5 Å². The number of fused-ring (bicyclic) bond motifs is 2. The van der Waals surface area contributed by atoms with Crippen molar-refractivity contribution >= 4 is 27.6 Å². The standard InChI is InChI=1S/C24H33FN6O3S/c1-29-14-20(13-26-29)31(15-19-10-9-18(12-25)30(19)2)35(33,34)28-24(32)27-23-21-7-3-5-16(21)11-17-6-4-8-22(17)23/h11,13-14,18-19H,3-10,12,15H2,1-2H3,(H2,27,28,32)/p-1. The zero-order chi connectivity index (χ0) is 24.7. The van der Waals surface area contributed by atoms with Gasteiger partial charge in [-0.15, -0.1) is 4.40 Å². The number of nitrogens with zero attached hydrogens (tertiary/aromatic N) is 5. The highest BCUT2D eigenvalue weighted by atomic mass is 32.2. The van der Waals surface area contributed by atoms with E-state index in [4.69, 9.17) is 0 Å². The zero-order valence-corrected chi connectivity index (χ0v) is 21.0. The van der Waals surface area contributed by atoms with Gasteiger partial charge in [0.2, 0.25) is 0 Å². The van der Waals surface area contributed by atoms with E-state index in [1.165, 1.54) is 22.0 Å². The Morgan fingerprint density at radius 2 is 1.83 bits per heavy atom. The summed E-state index contributed by atoms with van der Waals surface area (Å²) in [6.45, 7) is -0.418. The van der Waals surface area contributed by atoms with Gasteiger partial charge in [0.15, 0.2) is 0 Å². The maximum Gasteiger partial charge on any atom is 0.345 e. The molecule has 190 valence electrons. The molecular formula is C24H32FN6O3S-. The van der Waals surface area contributed by atoms with E-state index in [1.54, 1.807) is 20.3 Å². The molecule has 2 aromatic rings. The molecule has 1 aromatic carbocycles. The summed E-state index contributed by atoms with van der Waals surface area (Å²) in [6, 6.07) is 0.932. The van der Waals surface area contributed by atoms with Gasteiger partial charge < -0.3 is 10.4 Å². The average molecular weight is 504 g/mol. The van der Waals surface area contributed by atoms with Gasteiger partial charge in [0.05, 0.1) is 24.5 Å². The molecule has 1 aliphatic heterocycles. The minimum Gasteiger partial charge on any atom is -0.845 e. The topological polar surface area (TPSA) is 106 Å². The number of alkyl halides is 1. The highest BCUT2D eigenvalue weighted by Crippen LogP contribution is 2.38. The lowest BCUT2D eigenvalue weighted by Gasteiger charge is -2.30. The number of hydrogen-bond acceptors (Lipinski definition) is 5. The molecule has 0 spiro atoms. The number of likely N-dealkylation sites (N-methyl/N-ethyl adjacent to an activating group) is 1. The van der Waals surface area contributed by atoms with Gasteiger partial charge in [-0.3, -0.25) is 9.58 Å². The molecule has 2 aliphatic carbocycles. The first-order chi connectivity index (χ1) is 16.8. The van der Waals surface area contributed by atoms with Gasteiger partial charge in [-0.05, 0) is 80.7 Å². The summed E-state index contributed by atoms with van der Waals surface area (Å²) in [5, 5.41) is 19.9. The molecule has 0 amide bonds. The molecule has 0 radical (unpaired) electrons. The van der Waals surface area contributed by atoms with E-state index in [1.807, 2.05) is 4.90 Å². The molecule has 2 heterocycles. The summed E-state index contributed by atoms with van der Waals surface area (Å²) >= 11 is 0. The fraction of sp³-hybridized carbons (Fsp3) is 0.583. The van der Waals surface area contributed by atoms with Crippen molar-refractivity contribution in [3.8, 4) is 0 Å². The number of likely N-dealkylation sites (tertiary alicyclic amines) is 1. The highest BCUT2D eigenvalue weighted by Gasteiger charge is 2.35. The number of anilines is 2. The van der Waals surface area contributed by atoms with Gasteiger partial charge in [0.25, 0.3) is 0 Å². The van der Waals surface area contributed by atoms with Gasteiger partial charge in [-0.1, -0.05) is 6.07 Å². The van der Waals surface area contributed by atoms with Crippen LogP contribution < -0.4 is 14.7 Å². The van der Waals surface area contributed by atoms with Crippen LogP contribution in [-0.4, -0.2) is 61.5 Å². The van der Waals surface area contributed by atoms with Gasteiger partial charge in [-0.25, -0.2) is 8.70 Å². The summed E-state index contributed by atoms with van der Waals surface area (Å²) < 4.78 is 46.5. The van der Waals surface area contributed by atoms with Crippen molar-refractivity contribution in [3.63, 3.8) is 0 Å². The lowest BCUT2D eigenvalue weighted by Crippen LogP contribution is -2.44. The number of hydrogen-bond donors (Lipinski definition) is 1. The molecule has 2 atom stereocenters. The SMILES string of the molecule is CN1C(CF)CCC1CN(c1cnn(C)c1)S(=O)(=O)/N=C(\[O-])Nc1c2c(cc3c1CCC3)CCC2. The summed E-state index contributed by atoms with van der Waals surface area (Å²) in [5.74, 6) is 0. The third kappa shape index (κ3) is 4.63. The van der Waals surface area contributed by atoms with Crippen molar-refractivity contribution in [2.75, 3.05) is 29.9 Å². The normalized spacial score (nSPS) is 22.4. The van der Waals surface area contributed by atoms with Crippen LogP contribution in [0.1, 0.15) is 47.9 Å². The van der Waals surface area contributed by atoms with E-state index in [9.17, 15) is 17.9 Å². The van der Waals surface area contributed by atoms with E-state index in [2.05, 4.69) is 20.9 Å². The Balaban J connectivity index is 1.44. The molecule has 1 N–H and O–H groups in total. The molecule has 5 rings (SSSR count). The number of aromatic nitrogens is 2. The minimum absolute atomic E-state index is 0.0634. The maximum absolute atomic E-state index is 13.4. The first kappa shape index (κ1) is 24.1. The van der Waals surface area contributed by atoms with Crippen molar-refractivity contribution in [3.05, 3.63) is 40.7 Å². The van der Waals surface area contributed by atoms with Gasteiger partial charge in [0, 0.05) is 31.0 Å². The lowest BCUT2D eigenvalue weighted by molar-refractivity contribution is -0.213. The first-order valence-corrected chi connectivity index (χ1v) is 13.7. The third-order valence-corrected chi connectivity index (χ3v) is 9.01. The number of amidine groups is 1. The molecule has 1 aromatic heterocycles. The van der Waals surface area contributed by atoms with Crippen molar-refractivity contribution in [1.82, 2.24) is 14.7 Å². The Hall–Kier alpha value is -2.66. The largest absolute Gasteiger partial charge is 0.845 e. The first-order valence-electron chi connectivity index (χ1n) is 12.3. The summed E-state index contributed by atoms with van der Waals surface area (Å²) in [5.41, 5.74) is 5.79. The van der Waals surface area contributed by atoms with Crippen LogP contribution in [0.3, 0.4) is 0 Å². The van der Waals surface area contributed by atoms with Crippen LogP contribution in [-0.2, 0) is 42.9 Å². The van der Waals surface area contributed by atoms with E-state index >= 15 is 0 Å². The highest BCUT2D eigenvalue weighted by molar-refractivity contribution is 7.91. The van der Waals surface area contributed by atoms with Crippen molar-refractivity contribution in [1.29, 1.82) is 0 Å². The summed E-state index contributed by atoms with van der Waals surface area (Å²) in [7, 11) is -0.880. The summed E-state index contributed by atoms with van der Waals surface area (Å²) in [6.07, 6.45) is 10.1. The maximum atomic E-state index is 13.4. The monoisotopic (exact) mass is 503 g/mol. The molecule has 1 saturated heterocycles. The molecule has 3 aliphatic rings. The number of rotatable bonds is 7. The number of halogens is 1. The second-order valence-electron chi connectivity index (χ2n) is 9.84. The zero-order valence-electron chi connectivity index (χ0n) is 20.2. The van der Waals surface area contributed by atoms with Crippen LogP contribution in [0.15, 0.2) is 22.9 Å². The van der Waals surface area contributed by atoms with Gasteiger partial charge >= 0.3 is 10.2 Å². The smallest absolute Gasteiger partial charge is 0.345 e. The van der Waals surface area contributed by atoms with Crippen molar-refractivity contribution < 1.29 is 17.9 Å². The Bertz CT molecular complexity index is 1210. The second kappa shape index (κ2) is 9.42. The predicted octanol–water partition coefficient (Wildman–Crippen LogP) is 1.71. The van der Waals surface area contributed by atoms with Crippen LogP contribution in [0.5, 0.6) is 0 Å². The molecule has 35 heavy (non-hydrogen) atoms. The quantitative estimate of drug-likeness (QED) is 0.456. The third-order valence-electron chi connectivity index (χ3n) is 7.70. The Kier molecular flexibility index (Phi) is 6.47. The predicted molar refractivity (Wildman–Crippen MR) is 132 cm³/mol. The van der Waals surface area contributed by atoms with Crippen LogP contribution in [0, 0.1) is 0 Å². The Labute approximate surface area is 205 Å². The lowest BCUT2D eigenvalue weighted by atomic mass is 9.99.